The zero-order valence-electron chi connectivity index (χ0n) is 11.6. The lowest BCUT2D eigenvalue weighted by Crippen LogP contribution is -2.40. The van der Waals surface area contributed by atoms with Crippen LogP contribution in [0.15, 0.2) is 44.5 Å². The lowest BCUT2D eigenvalue weighted by atomic mass is 10.2. The first-order chi connectivity index (χ1) is 10.4. The van der Waals surface area contributed by atoms with Gasteiger partial charge in [-0.2, -0.15) is 4.31 Å². The molecule has 6 nitrogen and oxygen atoms in total. The van der Waals surface area contributed by atoms with E-state index in [0.717, 1.165) is 11.3 Å². The van der Waals surface area contributed by atoms with Crippen molar-refractivity contribution >= 4 is 31.2 Å². The molecule has 1 atom stereocenters. The van der Waals surface area contributed by atoms with Crippen molar-refractivity contribution in [2.45, 2.75) is 23.2 Å². The molecule has 0 bridgehead atoms. The average molecular weight is 361 g/mol. The highest BCUT2D eigenvalue weighted by molar-refractivity contribution is 7.92. The highest BCUT2D eigenvalue weighted by Gasteiger charge is 2.39. The van der Waals surface area contributed by atoms with Crippen LogP contribution in [0, 0.1) is 0 Å². The van der Waals surface area contributed by atoms with Crippen molar-refractivity contribution in [3.8, 4) is 0 Å². The van der Waals surface area contributed by atoms with Crippen LogP contribution in [0.2, 0.25) is 0 Å². The Hall–Kier alpha value is -1.16. The molecule has 2 aromatic rings. The monoisotopic (exact) mass is 361 g/mol. The van der Waals surface area contributed by atoms with Crippen LogP contribution in [0.25, 0.3) is 0 Å². The van der Waals surface area contributed by atoms with E-state index < -0.39 is 25.9 Å². The Morgan fingerprint density at radius 1 is 1.32 bits per heavy atom. The summed E-state index contributed by atoms with van der Waals surface area (Å²) in [6.45, 7) is 0.0351. The van der Waals surface area contributed by atoms with Crippen molar-refractivity contribution in [3.05, 3.63) is 41.7 Å². The van der Waals surface area contributed by atoms with Crippen molar-refractivity contribution in [2.24, 2.45) is 0 Å². The maximum Gasteiger partial charge on any atom is 0.253 e. The molecule has 0 radical (unpaired) electrons. The van der Waals surface area contributed by atoms with E-state index in [1.165, 1.54) is 16.6 Å². The SMILES string of the molecule is O=S1(=O)CC[C@H](N(Cc2ccco2)S(=O)(=O)c2cccs2)C1. The quantitative estimate of drug-likeness (QED) is 0.809. The van der Waals surface area contributed by atoms with Crippen LogP contribution in [0.4, 0.5) is 0 Å². The second kappa shape index (κ2) is 5.80. The van der Waals surface area contributed by atoms with Crippen molar-refractivity contribution in [1.29, 1.82) is 0 Å². The topological polar surface area (TPSA) is 84.7 Å². The fourth-order valence-corrected chi connectivity index (χ4v) is 7.06. The van der Waals surface area contributed by atoms with Gasteiger partial charge in [0.25, 0.3) is 10.0 Å². The molecule has 3 heterocycles. The van der Waals surface area contributed by atoms with E-state index in [0.29, 0.717) is 12.2 Å². The van der Waals surface area contributed by atoms with Crippen LogP contribution in [-0.2, 0) is 26.4 Å². The van der Waals surface area contributed by atoms with Crippen molar-refractivity contribution < 1.29 is 21.3 Å². The third kappa shape index (κ3) is 3.12. The predicted octanol–water partition coefficient (Wildman–Crippen LogP) is 1.72. The molecule has 0 spiro atoms. The van der Waals surface area contributed by atoms with E-state index >= 15 is 0 Å². The van der Waals surface area contributed by atoms with Gasteiger partial charge in [-0.25, -0.2) is 16.8 Å². The summed E-state index contributed by atoms with van der Waals surface area (Å²) in [5.41, 5.74) is 0. The van der Waals surface area contributed by atoms with Gasteiger partial charge in [-0.05, 0) is 30.0 Å². The number of thiophene rings is 1. The number of hydrogen-bond acceptors (Lipinski definition) is 6. The summed E-state index contributed by atoms with van der Waals surface area (Å²) in [4.78, 5) is 0. The minimum Gasteiger partial charge on any atom is -0.468 e. The minimum atomic E-state index is -3.74. The van der Waals surface area contributed by atoms with Crippen LogP contribution in [-0.4, -0.2) is 38.7 Å². The van der Waals surface area contributed by atoms with Crippen LogP contribution < -0.4 is 0 Å². The summed E-state index contributed by atoms with van der Waals surface area (Å²) in [5, 5.41) is 1.68. The Bertz CT molecular complexity index is 822. The van der Waals surface area contributed by atoms with Crippen molar-refractivity contribution in [2.75, 3.05) is 11.5 Å². The highest BCUT2D eigenvalue weighted by Crippen LogP contribution is 2.29. The van der Waals surface area contributed by atoms with Gasteiger partial charge in [-0.3, -0.25) is 0 Å². The Labute approximate surface area is 133 Å². The Balaban J connectivity index is 1.96. The smallest absolute Gasteiger partial charge is 0.253 e. The van der Waals surface area contributed by atoms with Gasteiger partial charge in [0.1, 0.15) is 9.97 Å². The molecule has 1 aliphatic rings. The molecule has 22 heavy (non-hydrogen) atoms. The summed E-state index contributed by atoms with van der Waals surface area (Å²) in [6.07, 6.45) is 1.78. The number of sulfonamides is 1. The van der Waals surface area contributed by atoms with Gasteiger partial charge in [0.15, 0.2) is 9.84 Å². The molecule has 3 rings (SSSR count). The number of furan rings is 1. The second-order valence-corrected chi connectivity index (χ2v) is 10.4. The van der Waals surface area contributed by atoms with E-state index in [1.54, 1.807) is 23.6 Å². The molecule has 1 fully saturated rings. The zero-order valence-corrected chi connectivity index (χ0v) is 14.0. The molecular weight excluding hydrogens is 346 g/mol. The standard InChI is InChI=1S/C13H15NO5S3/c15-21(16)8-5-11(10-21)14(9-12-3-1-6-19-12)22(17,18)13-4-2-7-20-13/h1-4,6-7,11H,5,8-10H2/t11-/m0/s1. The van der Waals surface area contributed by atoms with Gasteiger partial charge in [0.05, 0.1) is 24.3 Å². The largest absolute Gasteiger partial charge is 0.468 e. The Kier molecular flexibility index (Phi) is 4.15. The third-order valence-electron chi connectivity index (χ3n) is 3.57. The third-order valence-corrected chi connectivity index (χ3v) is 8.59. The molecule has 0 aliphatic carbocycles. The fraction of sp³-hybridized carbons (Fsp3) is 0.385. The summed E-state index contributed by atoms with van der Waals surface area (Å²) in [7, 11) is -6.92. The molecule has 0 saturated carbocycles. The molecule has 0 amide bonds. The summed E-state index contributed by atoms with van der Waals surface area (Å²) in [5.74, 6) is 0.370. The molecular formula is C13H15NO5S3. The van der Waals surface area contributed by atoms with Crippen LogP contribution >= 0.6 is 11.3 Å². The Morgan fingerprint density at radius 2 is 2.14 bits per heavy atom. The van der Waals surface area contributed by atoms with Gasteiger partial charge in [-0.15, -0.1) is 11.3 Å². The molecule has 0 aromatic carbocycles. The molecule has 1 aliphatic heterocycles. The van der Waals surface area contributed by atoms with Gasteiger partial charge in [0, 0.05) is 6.04 Å². The molecule has 2 aromatic heterocycles. The maximum absolute atomic E-state index is 12.8. The van der Waals surface area contributed by atoms with Crippen LogP contribution in [0.1, 0.15) is 12.2 Å². The van der Waals surface area contributed by atoms with E-state index in [9.17, 15) is 16.8 Å². The normalized spacial score (nSPS) is 21.4. The first-order valence-corrected chi connectivity index (χ1v) is 10.8. The molecule has 1 saturated heterocycles. The first-order valence-electron chi connectivity index (χ1n) is 6.67. The van der Waals surface area contributed by atoms with E-state index in [4.69, 9.17) is 4.42 Å². The van der Waals surface area contributed by atoms with E-state index in [2.05, 4.69) is 0 Å². The molecule has 0 unspecified atom stereocenters. The van der Waals surface area contributed by atoms with Crippen molar-refractivity contribution in [1.82, 2.24) is 4.31 Å². The molecule has 0 N–H and O–H groups in total. The number of rotatable bonds is 5. The summed E-state index contributed by atoms with van der Waals surface area (Å²) >= 11 is 1.12. The average Bonchev–Trinajstić information content (AvgIpc) is 3.17. The maximum atomic E-state index is 12.8. The van der Waals surface area contributed by atoms with Crippen molar-refractivity contribution in [3.63, 3.8) is 0 Å². The first kappa shape index (κ1) is 15.7. The van der Waals surface area contributed by atoms with Crippen LogP contribution in [0.3, 0.4) is 0 Å². The zero-order chi connectivity index (χ0) is 15.8. The van der Waals surface area contributed by atoms with Gasteiger partial charge >= 0.3 is 0 Å². The fourth-order valence-electron chi connectivity index (χ4n) is 2.49. The second-order valence-electron chi connectivity index (χ2n) is 5.12. The van der Waals surface area contributed by atoms with Crippen LogP contribution in [0.5, 0.6) is 0 Å². The number of nitrogens with zero attached hydrogens (tertiary/aromatic N) is 1. The van der Waals surface area contributed by atoms with E-state index in [-0.39, 0.29) is 22.3 Å². The molecule has 120 valence electrons. The lowest BCUT2D eigenvalue weighted by molar-refractivity contribution is 0.307. The highest BCUT2D eigenvalue weighted by atomic mass is 32.2. The summed E-state index contributed by atoms with van der Waals surface area (Å²) in [6, 6.07) is 5.99. The number of sulfone groups is 1. The van der Waals surface area contributed by atoms with E-state index in [1.807, 2.05) is 0 Å². The molecule has 9 heteroatoms. The predicted molar refractivity (Wildman–Crippen MR) is 82.8 cm³/mol. The van der Waals surface area contributed by atoms with Gasteiger partial charge in [-0.1, -0.05) is 6.07 Å². The minimum absolute atomic E-state index is 0.0201. The lowest BCUT2D eigenvalue weighted by Gasteiger charge is -2.25. The van der Waals surface area contributed by atoms with Gasteiger partial charge in [0.2, 0.25) is 0 Å². The Morgan fingerprint density at radius 3 is 2.68 bits per heavy atom. The van der Waals surface area contributed by atoms with Gasteiger partial charge < -0.3 is 4.42 Å². The summed E-state index contributed by atoms with van der Waals surface area (Å²) < 4.78 is 55.8. The number of hydrogen-bond donors (Lipinski definition) is 0.